The van der Waals surface area contributed by atoms with Crippen molar-refractivity contribution >= 4 is 28.0 Å². The second-order valence-electron chi connectivity index (χ2n) is 9.18. The van der Waals surface area contributed by atoms with Gasteiger partial charge in [-0.3, -0.25) is 0 Å². The van der Waals surface area contributed by atoms with Crippen molar-refractivity contribution in [2.45, 2.75) is 52.1 Å². The third-order valence-corrected chi connectivity index (χ3v) is 7.47. The molecule has 0 fully saturated rings. The molecule has 0 spiro atoms. The average Bonchev–Trinajstić information content (AvgIpc) is 3.16. The Hall–Kier alpha value is -2.48. The van der Waals surface area contributed by atoms with E-state index >= 15 is 0 Å². The molecule has 4 rings (SSSR count). The number of aromatic carboxylic acids is 1. The zero-order valence-corrected chi connectivity index (χ0v) is 23.8. The molecule has 2 aliphatic heterocycles. The number of ether oxygens (including phenoxy) is 1. The molecule has 10 heteroatoms. The minimum atomic E-state index is -1.20. The topological polar surface area (TPSA) is 101 Å². The van der Waals surface area contributed by atoms with Crippen molar-refractivity contribution in [2.24, 2.45) is 0 Å². The molecule has 2 N–H and O–H groups in total. The van der Waals surface area contributed by atoms with Crippen LogP contribution >= 0.6 is 0 Å². The molecular formula is C26H31BN2O6W. The van der Waals surface area contributed by atoms with Crippen LogP contribution in [0.4, 0.5) is 0 Å². The van der Waals surface area contributed by atoms with E-state index in [4.69, 9.17) is 9.39 Å². The number of carboxylic acids is 1. The summed E-state index contributed by atoms with van der Waals surface area (Å²) in [6.07, 6.45) is 7.78. The second-order valence-corrected chi connectivity index (χ2v) is 11.4. The molecule has 1 atom stereocenters. The van der Waals surface area contributed by atoms with Crippen LogP contribution in [0, 0.1) is 0 Å². The number of benzene rings is 1. The quantitative estimate of drug-likeness (QED) is 0.315. The van der Waals surface area contributed by atoms with Crippen LogP contribution in [0.15, 0.2) is 35.3 Å². The smallest absolute Gasteiger partial charge is 0.0532 e. The first kappa shape index (κ1) is 26.6. The number of hydrogen-bond donors (Lipinski definition) is 2. The fourth-order valence-corrected chi connectivity index (χ4v) is 5.53. The van der Waals surface area contributed by atoms with E-state index in [0.29, 0.717) is 12.2 Å². The van der Waals surface area contributed by atoms with Crippen LogP contribution in [0.1, 0.15) is 79.2 Å². The van der Waals surface area contributed by atoms with Crippen molar-refractivity contribution < 1.29 is 43.7 Å². The maximum atomic E-state index is 13.0. The van der Waals surface area contributed by atoms with Crippen LogP contribution < -0.4 is 20.6 Å². The van der Waals surface area contributed by atoms with Gasteiger partial charge in [0.25, 0.3) is 0 Å². The van der Waals surface area contributed by atoms with Crippen molar-refractivity contribution in [3.63, 3.8) is 0 Å². The predicted molar refractivity (Wildman–Crippen MR) is 137 cm³/mol. The van der Waals surface area contributed by atoms with Gasteiger partial charge in [-0.25, -0.2) is 0 Å². The Morgan fingerprint density at radius 3 is 2.83 bits per heavy atom. The van der Waals surface area contributed by atoms with Crippen LogP contribution in [0.5, 0.6) is 5.75 Å². The molecule has 0 amide bonds. The Morgan fingerprint density at radius 2 is 2.14 bits per heavy atom. The van der Waals surface area contributed by atoms with Crippen molar-refractivity contribution in [1.82, 2.24) is 4.68 Å². The van der Waals surface area contributed by atoms with Crippen LogP contribution in [0.2, 0.25) is 0 Å². The van der Waals surface area contributed by atoms with Gasteiger partial charge in [0.15, 0.2) is 0 Å². The number of carbonyl (C=O) groups is 1. The molecular weight excluding hydrogens is 631 g/mol. The van der Waals surface area contributed by atoms with E-state index in [0.717, 1.165) is 89.9 Å². The van der Waals surface area contributed by atoms with Gasteiger partial charge in [0.2, 0.25) is 0 Å². The number of nitrogens with zero attached hydrogens (tertiary/aromatic N) is 2. The molecule has 2 aliphatic rings. The molecule has 3 heterocycles. The second kappa shape index (κ2) is 11.3. The van der Waals surface area contributed by atoms with E-state index in [1.54, 1.807) is 0 Å². The van der Waals surface area contributed by atoms with E-state index in [9.17, 15) is 19.7 Å². The number of carboxylic acid groups (broad SMARTS) is 1. The molecule has 8 nitrogen and oxygen atoms in total. The van der Waals surface area contributed by atoms with E-state index < -0.39 is 18.5 Å². The fourth-order valence-electron chi connectivity index (χ4n) is 4.85. The molecule has 0 bridgehead atoms. The van der Waals surface area contributed by atoms with Gasteiger partial charge in [-0.15, -0.1) is 0 Å². The monoisotopic (exact) mass is 662 g/mol. The molecule has 0 aliphatic carbocycles. The summed E-state index contributed by atoms with van der Waals surface area (Å²) >= 11 is 1.15. The van der Waals surface area contributed by atoms with Gasteiger partial charge in [0, 0.05) is 0 Å². The SMILES string of the molecule is CCC1OB(O)c2cc(OCCCCC=C3CCN(C)n4cc(C(=O)O)c(=O)c([C](C)=[W])c43)ccc21. The van der Waals surface area contributed by atoms with Crippen LogP contribution in [-0.2, 0) is 24.0 Å². The number of aromatic nitrogens is 1. The molecule has 1 aromatic heterocycles. The zero-order chi connectivity index (χ0) is 26.0. The Morgan fingerprint density at radius 1 is 1.36 bits per heavy atom. The van der Waals surface area contributed by atoms with Gasteiger partial charge in [-0.1, -0.05) is 13.0 Å². The summed E-state index contributed by atoms with van der Waals surface area (Å²) in [5.74, 6) is -0.474. The van der Waals surface area contributed by atoms with Gasteiger partial charge in [0.1, 0.15) is 0 Å². The Bertz CT molecular complexity index is 1270. The molecule has 36 heavy (non-hydrogen) atoms. The van der Waals surface area contributed by atoms with E-state index in [1.165, 1.54) is 6.20 Å². The Labute approximate surface area is 222 Å². The third-order valence-electron chi connectivity index (χ3n) is 6.74. The summed E-state index contributed by atoms with van der Waals surface area (Å²) in [4.78, 5) is 24.6. The molecule has 0 saturated heterocycles. The first-order chi connectivity index (χ1) is 17.2. The normalized spacial score (nSPS) is 17.8. The summed E-state index contributed by atoms with van der Waals surface area (Å²) in [6.45, 7) is 5.22. The molecule has 1 unspecified atom stereocenters. The summed E-state index contributed by atoms with van der Waals surface area (Å²) in [5, 5.41) is 21.6. The summed E-state index contributed by atoms with van der Waals surface area (Å²) in [6, 6.07) is 5.76. The van der Waals surface area contributed by atoms with E-state index in [2.05, 4.69) is 6.08 Å². The summed E-state index contributed by atoms with van der Waals surface area (Å²) in [5.41, 5.74) is 3.61. The first-order valence-electron chi connectivity index (χ1n) is 12.3. The van der Waals surface area contributed by atoms with Crippen molar-refractivity contribution in [3.8, 4) is 5.75 Å². The van der Waals surface area contributed by atoms with Gasteiger partial charge in [-0.05, 0) is 17.4 Å². The van der Waals surface area contributed by atoms with Crippen LogP contribution in [0.25, 0.3) is 5.57 Å². The van der Waals surface area contributed by atoms with Gasteiger partial charge in [-0.2, -0.15) is 0 Å². The predicted octanol–water partition coefficient (Wildman–Crippen LogP) is 2.41. The van der Waals surface area contributed by atoms with Crippen LogP contribution in [-0.4, -0.2) is 52.0 Å². The van der Waals surface area contributed by atoms with Crippen LogP contribution in [0.3, 0.4) is 0 Å². The molecule has 2 aromatic rings. The fraction of sp³-hybridized carbons (Fsp3) is 0.423. The molecule has 0 saturated carbocycles. The minimum Gasteiger partial charge on any atom is -0.0532 e. The number of fused-ring (bicyclic) bond motifs is 2. The maximum absolute atomic E-state index is 13.0. The number of rotatable bonds is 9. The average molecular weight is 662 g/mol. The molecule has 190 valence electrons. The minimum absolute atomic E-state index is 0.0654. The standard InChI is InChI=1S/C26H31BN2O6.W/c1-4-19-24-17(12-13-28(3)29(24)16-21(25(19)30)26(31)32)9-7-6-8-14-34-18-10-11-20-22(15-18)27(33)35-23(20)5-2;/h9-11,15-16,23,33H,5-8,12-14H2,1-3H3,(H,31,32);. The zero-order valence-electron chi connectivity index (χ0n) is 20.8. The van der Waals surface area contributed by atoms with Crippen molar-refractivity contribution in [3.05, 3.63) is 63.1 Å². The van der Waals surface area contributed by atoms with Gasteiger partial charge < -0.3 is 9.68 Å². The Balaban J connectivity index is 1.41. The summed E-state index contributed by atoms with van der Waals surface area (Å²) in [7, 11) is 1.01. The first-order valence-corrected chi connectivity index (χ1v) is 13.7. The summed E-state index contributed by atoms with van der Waals surface area (Å²) < 4.78 is 14.2. The van der Waals surface area contributed by atoms with E-state index in [1.807, 2.05) is 48.8 Å². The number of unbranched alkanes of at least 4 members (excludes halogenated alkanes) is 2. The number of allylic oxidation sites excluding steroid dienone is 1. The number of hydrogen-bond acceptors (Lipinski definition) is 6. The van der Waals surface area contributed by atoms with Gasteiger partial charge in [0.05, 0.1) is 6.10 Å². The van der Waals surface area contributed by atoms with Gasteiger partial charge >= 0.3 is 176 Å². The number of pyridine rings is 1. The third kappa shape index (κ3) is 5.29. The van der Waals surface area contributed by atoms with Crippen molar-refractivity contribution in [1.29, 1.82) is 0 Å². The van der Waals surface area contributed by atoms with Crippen molar-refractivity contribution in [2.75, 3.05) is 25.2 Å². The molecule has 0 radical (unpaired) electrons. The van der Waals surface area contributed by atoms with E-state index in [-0.39, 0.29) is 11.7 Å². The Kier molecular flexibility index (Phi) is 8.33. The molecule has 1 aromatic carbocycles.